The number of aryl methyl sites for hydroxylation is 3. The van der Waals surface area contributed by atoms with Gasteiger partial charge in [-0.05, 0) is 56.2 Å². The van der Waals surface area contributed by atoms with Gasteiger partial charge in [0.2, 0.25) is 11.8 Å². The van der Waals surface area contributed by atoms with Crippen molar-refractivity contribution in [3.63, 3.8) is 0 Å². The van der Waals surface area contributed by atoms with Crippen LogP contribution in [0.4, 0.5) is 5.69 Å². The maximum Gasteiger partial charge on any atom is 0.248 e. The SMILES string of the molecule is Cc1ccc(C)c(-n2c(C)nnc2SCC(=O)Nc2cccc(C(N)=O)c2)c1. The second-order valence-corrected chi connectivity index (χ2v) is 7.38. The molecule has 0 atom stereocenters. The molecule has 0 aliphatic rings. The van der Waals surface area contributed by atoms with E-state index in [9.17, 15) is 9.59 Å². The molecule has 2 amide bonds. The van der Waals surface area contributed by atoms with Gasteiger partial charge in [0.15, 0.2) is 5.16 Å². The summed E-state index contributed by atoms with van der Waals surface area (Å²) in [5.41, 5.74) is 9.37. The van der Waals surface area contributed by atoms with Gasteiger partial charge >= 0.3 is 0 Å². The quantitative estimate of drug-likeness (QED) is 0.625. The van der Waals surface area contributed by atoms with E-state index in [0.717, 1.165) is 22.6 Å². The number of nitrogens with zero attached hydrogens (tertiary/aromatic N) is 3. The van der Waals surface area contributed by atoms with Crippen molar-refractivity contribution in [3.05, 3.63) is 65.0 Å². The van der Waals surface area contributed by atoms with Crippen LogP contribution in [-0.4, -0.2) is 32.3 Å². The zero-order valence-corrected chi connectivity index (χ0v) is 16.7. The maximum absolute atomic E-state index is 12.3. The van der Waals surface area contributed by atoms with Crippen molar-refractivity contribution >= 4 is 29.3 Å². The second-order valence-electron chi connectivity index (χ2n) is 6.44. The Bertz CT molecular complexity index is 1040. The predicted molar refractivity (Wildman–Crippen MR) is 110 cm³/mol. The number of hydrogen-bond acceptors (Lipinski definition) is 5. The lowest BCUT2D eigenvalue weighted by atomic mass is 10.1. The Balaban J connectivity index is 1.73. The zero-order chi connectivity index (χ0) is 20.3. The lowest BCUT2D eigenvalue weighted by Gasteiger charge is -2.12. The van der Waals surface area contributed by atoms with E-state index in [4.69, 9.17) is 5.73 Å². The fraction of sp³-hybridized carbons (Fsp3) is 0.200. The number of anilines is 1. The molecule has 0 aliphatic heterocycles. The number of nitrogens with two attached hydrogens (primary N) is 1. The number of amides is 2. The minimum absolute atomic E-state index is 0.157. The van der Waals surface area contributed by atoms with E-state index in [-0.39, 0.29) is 11.7 Å². The van der Waals surface area contributed by atoms with Crippen LogP contribution in [0, 0.1) is 20.8 Å². The molecule has 1 heterocycles. The minimum atomic E-state index is -0.539. The average molecular weight is 395 g/mol. The second kappa shape index (κ2) is 8.26. The van der Waals surface area contributed by atoms with Crippen LogP contribution in [0.3, 0.4) is 0 Å². The molecule has 0 aliphatic carbocycles. The molecule has 1 aromatic heterocycles. The zero-order valence-electron chi connectivity index (χ0n) is 15.9. The Labute approximate surface area is 167 Å². The molecule has 144 valence electrons. The van der Waals surface area contributed by atoms with Crippen LogP contribution in [0.2, 0.25) is 0 Å². The van der Waals surface area contributed by atoms with Gasteiger partial charge < -0.3 is 11.1 Å². The van der Waals surface area contributed by atoms with Gasteiger partial charge in [0.05, 0.1) is 11.4 Å². The van der Waals surface area contributed by atoms with Gasteiger partial charge in [0.1, 0.15) is 5.82 Å². The van der Waals surface area contributed by atoms with Crippen molar-refractivity contribution in [1.82, 2.24) is 14.8 Å². The summed E-state index contributed by atoms with van der Waals surface area (Å²) < 4.78 is 1.95. The Morgan fingerprint density at radius 1 is 1.11 bits per heavy atom. The number of thioether (sulfide) groups is 1. The summed E-state index contributed by atoms with van der Waals surface area (Å²) in [5.74, 6) is 0.164. The Kier molecular flexibility index (Phi) is 5.79. The van der Waals surface area contributed by atoms with E-state index in [2.05, 4.69) is 33.7 Å². The number of carbonyl (C=O) groups is 2. The molecule has 0 unspecified atom stereocenters. The van der Waals surface area contributed by atoms with Crippen LogP contribution in [0.1, 0.15) is 27.3 Å². The van der Waals surface area contributed by atoms with Gasteiger partial charge in [0.25, 0.3) is 0 Å². The first-order chi connectivity index (χ1) is 13.3. The fourth-order valence-corrected chi connectivity index (χ4v) is 3.54. The van der Waals surface area contributed by atoms with E-state index in [1.54, 1.807) is 24.3 Å². The summed E-state index contributed by atoms with van der Waals surface area (Å²) in [6.07, 6.45) is 0. The van der Waals surface area contributed by atoms with E-state index in [1.165, 1.54) is 11.8 Å². The van der Waals surface area contributed by atoms with Gasteiger partial charge in [-0.2, -0.15) is 0 Å². The smallest absolute Gasteiger partial charge is 0.248 e. The molecule has 0 bridgehead atoms. The molecule has 0 radical (unpaired) electrons. The van der Waals surface area contributed by atoms with E-state index >= 15 is 0 Å². The number of aromatic nitrogens is 3. The van der Waals surface area contributed by atoms with Crippen LogP contribution in [0.25, 0.3) is 5.69 Å². The van der Waals surface area contributed by atoms with Gasteiger partial charge in [-0.1, -0.05) is 30.0 Å². The average Bonchev–Trinajstić information content (AvgIpc) is 3.02. The molecule has 0 fully saturated rings. The normalized spacial score (nSPS) is 10.7. The number of hydrogen-bond donors (Lipinski definition) is 2. The first-order valence-corrected chi connectivity index (χ1v) is 9.66. The van der Waals surface area contributed by atoms with Crippen molar-refractivity contribution in [2.45, 2.75) is 25.9 Å². The van der Waals surface area contributed by atoms with Gasteiger partial charge in [-0.15, -0.1) is 10.2 Å². The van der Waals surface area contributed by atoms with Crippen molar-refractivity contribution in [2.75, 3.05) is 11.1 Å². The summed E-state index contributed by atoms with van der Waals surface area (Å²) in [4.78, 5) is 23.6. The molecule has 3 N–H and O–H groups in total. The third-order valence-corrected chi connectivity index (χ3v) is 5.09. The first kappa shape index (κ1) is 19.6. The van der Waals surface area contributed by atoms with Gasteiger partial charge in [0, 0.05) is 11.3 Å². The van der Waals surface area contributed by atoms with E-state index in [1.807, 2.05) is 25.3 Å². The Morgan fingerprint density at radius 2 is 1.89 bits per heavy atom. The standard InChI is InChI=1S/C20H21N5O2S/c1-12-7-8-13(2)17(9-12)25-14(3)23-24-20(25)28-11-18(26)22-16-6-4-5-15(10-16)19(21)27/h4-10H,11H2,1-3H3,(H2,21,27)(H,22,26). The highest BCUT2D eigenvalue weighted by molar-refractivity contribution is 7.99. The summed E-state index contributed by atoms with van der Waals surface area (Å²) in [7, 11) is 0. The fourth-order valence-electron chi connectivity index (χ4n) is 2.75. The number of benzene rings is 2. The molecule has 8 heteroatoms. The van der Waals surface area contributed by atoms with Crippen molar-refractivity contribution in [2.24, 2.45) is 5.73 Å². The highest BCUT2D eigenvalue weighted by atomic mass is 32.2. The summed E-state index contributed by atoms with van der Waals surface area (Å²) in [6.45, 7) is 5.94. The van der Waals surface area contributed by atoms with Gasteiger partial charge in [-0.25, -0.2) is 0 Å². The van der Waals surface area contributed by atoms with Gasteiger partial charge in [-0.3, -0.25) is 14.2 Å². The van der Waals surface area contributed by atoms with Crippen LogP contribution in [-0.2, 0) is 4.79 Å². The topological polar surface area (TPSA) is 103 Å². The predicted octanol–water partition coefficient (Wildman–Crippen LogP) is 3.02. The summed E-state index contributed by atoms with van der Waals surface area (Å²) >= 11 is 1.30. The minimum Gasteiger partial charge on any atom is -0.366 e. The molecular weight excluding hydrogens is 374 g/mol. The lowest BCUT2D eigenvalue weighted by molar-refractivity contribution is -0.113. The Hall–Kier alpha value is -3.13. The molecule has 3 rings (SSSR count). The molecule has 3 aromatic rings. The van der Waals surface area contributed by atoms with Crippen LogP contribution < -0.4 is 11.1 Å². The summed E-state index contributed by atoms with van der Waals surface area (Å²) in [5, 5.41) is 11.8. The molecular formula is C20H21N5O2S. The summed E-state index contributed by atoms with van der Waals surface area (Å²) in [6, 6.07) is 12.7. The largest absolute Gasteiger partial charge is 0.366 e. The van der Waals surface area contributed by atoms with Crippen molar-refractivity contribution in [3.8, 4) is 5.69 Å². The molecule has 0 spiro atoms. The highest BCUT2D eigenvalue weighted by Gasteiger charge is 2.15. The lowest BCUT2D eigenvalue weighted by Crippen LogP contribution is -2.16. The van der Waals surface area contributed by atoms with E-state index in [0.29, 0.717) is 16.4 Å². The molecule has 2 aromatic carbocycles. The first-order valence-electron chi connectivity index (χ1n) is 8.67. The van der Waals surface area contributed by atoms with Crippen LogP contribution >= 0.6 is 11.8 Å². The highest BCUT2D eigenvalue weighted by Crippen LogP contribution is 2.25. The van der Waals surface area contributed by atoms with Crippen LogP contribution in [0.15, 0.2) is 47.6 Å². The third kappa shape index (κ3) is 4.40. The third-order valence-electron chi connectivity index (χ3n) is 4.16. The molecule has 28 heavy (non-hydrogen) atoms. The number of primary amides is 1. The number of carbonyl (C=O) groups excluding carboxylic acids is 2. The number of nitrogens with one attached hydrogen (secondary N) is 1. The molecule has 0 saturated heterocycles. The Morgan fingerprint density at radius 3 is 2.64 bits per heavy atom. The van der Waals surface area contributed by atoms with Crippen molar-refractivity contribution < 1.29 is 9.59 Å². The molecule has 0 saturated carbocycles. The van der Waals surface area contributed by atoms with E-state index < -0.39 is 5.91 Å². The van der Waals surface area contributed by atoms with Crippen LogP contribution in [0.5, 0.6) is 0 Å². The number of rotatable bonds is 6. The molecule has 7 nitrogen and oxygen atoms in total. The maximum atomic E-state index is 12.3. The monoisotopic (exact) mass is 395 g/mol. The van der Waals surface area contributed by atoms with Crippen molar-refractivity contribution in [1.29, 1.82) is 0 Å².